The number of nitrogens with one attached hydrogen (secondary N) is 1. The van der Waals surface area contributed by atoms with Gasteiger partial charge in [0, 0.05) is 6.20 Å². The van der Waals surface area contributed by atoms with Gasteiger partial charge in [0.25, 0.3) is 0 Å². The summed E-state index contributed by atoms with van der Waals surface area (Å²) >= 11 is 0. The second-order valence-electron chi connectivity index (χ2n) is 1.44. The molecule has 0 aliphatic heterocycles. The lowest BCUT2D eigenvalue weighted by atomic mass is 10.6. The van der Waals surface area contributed by atoms with Crippen LogP contribution in [0, 0.1) is 0 Å². The minimum atomic E-state index is 0.764. The first-order valence-corrected chi connectivity index (χ1v) is 2.57. The van der Waals surface area contributed by atoms with Gasteiger partial charge in [-0.15, -0.1) is 0 Å². The smallest absolute Gasteiger partial charge is 0.133 e. The molecule has 0 atom stereocenters. The number of nitrogens with zero attached hydrogens (tertiary/aromatic N) is 2. The van der Waals surface area contributed by atoms with Gasteiger partial charge in [0.15, 0.2) is 0 Å². The van der Waals surface area contributed by atoms with Gasteiger partial charge in [0.05, 0.1) is 0 Å². The van der Waals surface area contributed by atoms with Gasteiger partial charge in [0.2, 0.25) is 0 Å². The van der Waals surface area contributed by atoms with Crippen molar-refractivity contribution in [2.75, 3.05) is 5.32 Å². The minimum absolute atomic E-state index is 0.764. The largest absolute Gasteiger partial charge is 0.347 e. The maximum absolute atomic E-state index is 3.88. The molecule has 1 aromatic heterocycles. The normalized spacial score (nSPS) is 8.44. The molecule has 0 spiro atoms. The van der Waals surface area contributed by atoms with Gasteiger partial charge in [0.1, 0.15) is 12.1 Å². The molecule has 1 N–H and O–H groups in total. The standard InChI is InChI=1S/C6H7N3/c1-2-8-6-3-4-7-5-9-6/h2-5H,1H2,(H,7,8,9). The molecular formula is C6H7N3. The molecule has 0 aromatic carbocycles. The van der Waals surface area contributed by atoms with E-state index in [0.717, 1.165) is 5.82 Å². The highest BCUT2D eigenvalue weighted by molar-refractivity contribution is 5.34. The number of rotatable bonds is 2. The molecule has 1 aromatic rings. The van der Waals surface area contributed by atoms with E-state index in [2.05, 4.69) is 21.9 Å². The molecule has 0 unspecified atom stereocenters. The minimum Gasteiger partial charge on any atom is -0.347 e. The summed E-state index contributed by atoms with van der Waals surface area (Å²) in [4.78, 5) is 7.62. The van der Waals surface area contributed by atoms with Crippen molar-refractivity contribution < 1.29 is 0 Å². The van der Waals surface area contributed by atoms with Crippen molar-refractivity contribution in [1.29, 1.82) is 0 Å². The molecule has 1 rings (SSSR count). The van der Waals surface area contributed by atoms with Crippen LogP contribution in [0.1, 0.15) is 0 Å². The first-order valence-electron chi connectivity index (χ1n) is 2.57. The van der Waals surface area contributed by atoms with Crippen LogP contribution in [0.25, 0.3) is 0 Å². The zero-order valence-corrected chi connectivity index (χ0v) is 4.91. The Morgan fingerprint density at radius 3 is 3.11 bits per heavy atom. The number of anilines is 1. The third-order valence-corrected chi connectivity index (χ3v) is 0.832. The van der Waals surface area contributed by atoms with E-state index in [-0.39, 0.29) is 0 Å². The third kappa shape index (κ3) is 1.53. The van der Waals surface area contributed by atoms with Gasteiger partial charge in [-0.1, -0.05) is 6.58 Å². The van der Waals surface area contributed by atoms with Crippen LogP contribution in [-0.2, 0) is 0 Å². The zero-order valence-electron chi connectivity index (χ0n) is 4.91. The second-order valence-corrected chi connectivity index (χ2v) is 1.44. The second kappa shape index (κ2) is 2.81. The topological polar surface area (TPSA) is 37.8 Å². The summed E-state index contributed by atoms with van der Waals surface area (Å²) in [6.45, 7) is 3.48. The Balaban J connectivity index is 2.72. The van der Waals surface area contributed by atoms with Gasteiger partial charge in [-0.3, -0.25) is 0 Å². The Morgan fingerprint density at radius 2 is 2.56 bits per heavy atom. The zero-order chi connectivity index (χ0) is 6.53. The van der Waals surface area contributed by atoms with E-state index in [4.69, 9.17) is 0 Å². The summed E-state index contributed by atoms with van der Waals surface area (Å²) in [6, 6.07) is 1.77. The van der Waals surface area contributed by atoms with Crippen LogP contribution in [0.2, 0.25) is 0 Å². The van der Waals surface area contributed by atoms with Gasteiger partial charge >= 0.3 is 0 Å². The van der Waals surface area contributed by atoms with Crippen molar-refractivity contribution in [3.05, 3.63) is 31.4 Å². The number of aromatic nitrogens is 2. The van der Waals surface area contributed by atoms with E-state index in [1.54, 1.807) is 18.5 Å². The lowest BCUT2D eigenvalue weighted by Gasteiger charge is -1.93. The molecule has 9 heavy (non-hydrogen) atoms. The molecule has 0 aliphatic rings. The Morgan fingerprint density at radius 1 is 1.67 bits per heavy atom. The Bertz CT molecular complexity index is 183. The Labute approximate surface area is 53.5 Å². The number of hydrogen-bond acceptors (Lipinski definition) is 3. The van der Waals surface area contributed by atoms with Gasteiger partial charge in [-0.25, -0.2) is 9.97 Å². The van der Waals surface area contributed by atoms with E-state index in [1.165, 1.54) is 6.33 Å². The predicted molar refractivity (Wildman–Crippen MR) is 35.9 cm³/mol. The van der Waals surface area contributed by atoms with E-state index in [1.807, 2.05) is 0 Å². The Kier molecular flexibility index (Phi) is 1.80. The lowest BCUT2D eigenvalue weighted by molar-refractivity contribution is 1.17. The lowest BCUT2D eigenvalue weighted by Crippen LogP contribution is -1.88. The molecule has 0 saturated heterocycles. The summed E-state index contributed by atoms with van der Waals surface area (Å²) < 4.78 is 0. The van der Waals surface area contributed by atoms with Crippen LogP contribution in [-0.4, -0.2) is 9.97 Å². The molecule has 0 amide bonds. The quantitative estimate of drug-likeness (QED) is 0.635. The maximum atomic E-state index is 3.88. The molecule has 3 heteroatoms. The molecule has 0 fully saturated rings. The van der Waals surface area contributed by atoms with E-state index >= 15 is 0 Å². The average Bonchev–Trinajstić information content (AvgIpc) is 1.91. The Hall–Kier alpha value is -1.38. The fourth-order valence-corrected chi connectivity index (χ4v) is 0.481. The molecule has 0 aliphatic carbocycles. The highest BCUT2D eigenvalue weighted by atomic mass is 15.0. The van der Waals surface area contributed by atoms with Crippen molar-refractivity contribution in [3.63, 3.8) is 0 Å². The average molecular weight is 121 g/mol. The van der Waals surface area contributed by atoms with Crippen molar-refractivity contribution in [2.24, 2.45) is 0 Å². The van der Waals surface area contributed by atoms with Gasteiger partial charge in [-0.2, -0.15) is 0 Å². The van der Waals surface area contributed by atoms with Crippen LogP contribution in [0.4, 0.5) is 5.82 Å². The van der Waals surface area contributed by atoms with Crippen molar-refractivity contribution >= 4 is 5.82 Å². The third-order valence-electron chi connectivity index (χ3n) is 0.832. The summed E-state index contributed by atoms with van der Waals surface area (Å²) in [6.07, 6.45) is 4.72. The van der Waals surface area contributed by atoms with Gasteiger partial charge < -0.3 is 5.32 Å². The van der Waals surface area contributed by atoms with Crippen LogP contribution < -0.4 is 5.32 Å². The van der Waals surface area contributed by atoms with Crippen LogP contribution in [0.15, 0.2) is 31.4 Å². The van der Waals surface area contributed by atoms with Crippen LogP contribution >= 0.6 is 0 Å². The maximum Gasteiger partial charge on any atom is 0.133 e. The fraction of sp³-hybridized carbons (Fsp3) is 0. The molecule has 0 radical (unpaired) electrons. The van der Waals surface area contributed by atoms with E-state index in [0.29, 0.717) is 0 Å². The van der Waals surface area contributed by atoms with E-state index in [9.17, 15) is 0 Å². The van der Waals surface area contributed by atoms with Crippen LogP contribution in [0.5, 0.6) is 0 Å². The monoisotopic (exact) mass is 121 g/mol. The van der Waals surface area contributed by atoms with Crippen molar-refractivity contribution in [2.45, 2.75) is 0 Å². The summed E-state index contributed by atoms with van der Waals surface area (Å²) in [5.74, 6) is 0.764. The van der Waals surface area contributed by atoms with Crippen molar-refractivity contribution in [3.8, 4) is 0 Å². The molecule has 0 bridgehead atoms. The first kappa shape index (κ1) is 5.75. The summed E-state index contributed by atoms with van der Waals surface area (Å²) in [5.41, 5.74) is 0. The fourth-order valence-electron chi connectivity index (χ4n) is 0.481. The molecular weight excluding hydrogens is 114 g/mol. The van der Waals surface area contributed by atoms with E-state index < -0.39 is 0 Å². The molecule has 46 valence electrons. The van der Waals surface area contributed by atoms with Crippen molar-refractivity contribution in [1.82, 2.24) is 9.97 Å². The molecule has 1 heterocycles. The highest BCUT2D eigenvalue weighted by Crippen LogP contribution is 1.95. The first-order chi connectivity index (χ1) is 4.43. The number of hydrogen-bond donors (Lipinski definition) is 1. The molecule has 0 saturated carbocycles. The van der Waals surface area contributed by atoms with Crippen LogP contribution in [0.3, 0.4) is 0 Å². The summed E-state index contributed by atoms with van der Waals surface area (Å²) in [5, 5.41) is 2.82. The molecule has 3 nitrogen and oxygen atoms in total. The van der Waals surface area contributed by atoms with Gasteiger partial charge in [-0.05, 0) is 12.3 Å². The summed E-state index contributed by atoms with van der Waals surface area (Å²) in [7, 11) is 0. The highest BCUT2D eigenvalue weighted by Gasteiger charge is 1.82. The predicted octanol–water partition coefficient (Wildman–Crippen LogP) is 1.03. The SMILES string of the molecule is C=CNc1ccncn1.